The number of hydrogen-bond acceptors (Lipinski definition) is 4. The second kappa shape index (κ2) is 3.57. The first-order valence-corrected chi connectivity index (χ1v) is 4.67. The minimum absolute atomic E-state index is 0.550. The first-order valence-electron chi connectivity index (χ1n) is 4.67. The minimum atomic E-state index is 0.550. The first-order chi connectivity index (χ1) is 6.75. The molecule has 0 spiro atoms. The second-order valence-electron chi connectivity index (χ2n) is 3.43. The lowest BCUT2D eigenvalue weighted by Gasteiger charge is -2.27. The lowest BCUT2D eigenvalue weighted by molar-refractivity contribution is 0.783. The molecule has 1 aromatic rings. The van der Waals surface area contributed by atoms with Gasteiger partial charge in [-0.05, 0) is 18.6 Å². The molecule has 0 aromatic carbocycles. The fraction of sp³-hybridized carbons (Fsp3) is 0.300. The predicted molar refractivity (Wildman–Crippen MR) is 57.7 cm³/mol. The number of anilines is 2. The van der Waals surface area contributed by atoms with Crippen molar-refractivity contribution in [3.05, 3.63) is 30.1 Å². The molecule has 4 nitrogen and oxygen atoms in total. The second-order valence-corrected chi connectivity index (χ2v) is 3.43. The lowest BCUT2D eigenvalue weighted by Crippen LogP contribution is -2.32. The van der Waals surface area contributed by atoms with Crippen LogP contribution in [0.2, 0.25) is 0 Å². The standard InChI is InChI=1S/C10H14N4/c11-8-2-1-5-14(7-8)9-3-4-10(12)13-6-9/h2-4,6H,1,5,7,11H2,(H2,12,13). The number of rotatable bonds is 1. The van der Waals surface area contributed by atoms with Gasteiger partial charge in [0, 0.05) is 12.2 Å². The smallest absolute Gasteiger partial charge is 0.123 e. The average molecular weight is 190 g/mol. The minimum Gasteiger partial charge on any atom is -0.401 e. The molecule has 1 aromatic heterocycles. The van der Waals surface area contributed by atoms with Crippen LogP contribution in [0.15, 0.2) is 30.1 Å². The van der Waals surface area contributed by atoms with Gasteiger partial charge >= 0.3 is 0 Å². The molecule has 74 valence electrons. The monoisotopic (exact) mass is 190 g/mol. The van der Waals surface area contributed by atoms with E-state index in [1.165, 1.54) is 0 Å². The van der Waals surface area contributed by atoms with Crippen LogP contribution in [-0.2, 0) is 0 Å². The van der Waals surface area contributed by atoms with Crippen molar-refractivity contribution >= 4 is 11.5 Å². The summed E-state index contributed by atoms with van der Waals surface area (Å²) in [5, 5.41) is 0. The van der Waals surface area contributed by atoms with Gasteiger partial charge < -0.3 is 16.4 Å². The van der Waals surface area contributed by atoms with E-state index < -0.39 is 0 Å². The summed E-state index contributed by atoms with van der Waals surface area (Å²) in [5.74, 6) is 0.550. The van der Waals surface area contributed by atoms with Crippen molar-refractivity contribution in [3.8, 4) is 0 Å². The Morgan fingerprint density at radius 1 is 1.29 bits per heavy atom. The van der Waals surface area contributed by atoms with Crippen LogP contribution in [0, 0.1) is 0 Å². The molecule has 4 heteroatoms. The van der Waals surface area contributed by atoms with Gasteiger partial charge in [0.1, 0.15) is 5.82 Å². The molecule has 2 heterocycles. The number of pyridine rings is 1. The van der Waals surface area contributed by atoms with Crippen LogP contribution in [0.5, 0.6) is 0 Å². The highest BCUT2D eigenvalue weighted by molar-refractivity contribution is 5.49. The van der Waals surface area contributed by atoms with E-state index in [9.17, 15) is 0 Å². The van der Waals surface area contributed by atoms with Crippen molar-refractivity contribution in [1.82, 2.24) is 4.98 Å². The molecule has 0 amide bonds. The summed E-state index contributed by atoms with van der Waals surface area (Å²) in [6.45, 7) is 1.78. The van der Waals surface area contributed by atoms with Crippen LogP contribution >= 0.6 is 0 Å². The first kappa shape index (κ1) is 8.87. The number of aromatic nitrogens is 1. The third-order valence-corrected chi connectivity index (χ3v) is 2.31. The topological polar surface area (TPSA) is 68.2 Å². The van der Waals surface area contributed by atoms with Gasteiger partial charge in [-0.3, -0.25) is 0 Å². The molecule has 0 radical (unpaired) electrons. The van der Waals surface area contributed by atoms with Gasteiger partial charge in [-0.2, -0.15) is 0 Å². The van der Waals surface area contributed by atoms with E-state index >= 15 is 0 Å². The Kier molecular flexibility index (Phi) is 2.26. The Hall–Kier alpha value is -1.71. The van der Waals surface area contributed by atoms with Crippen molar-refractivity contribution in [2.24, 2.45) is 5.73 Å². The van der Waals surface area contributed by atoms with E-state index in [0.29, 0.717) is 5.82 Å². The van der Waals surface area contributed by atoms with Gasteiger partial charge in [0.15, 0.2) is 0 Å². The van der Waals surface area contributed by atoms with E-state index in [2.05, 4.69) is 16.0 Å². The summed E-state index contributed by atoms with van der Waals surface area (Å²) in [4.78, 5) is 6.25. The number of nitrogen functional groups attached to an aromatic ring is 1. The quantitative estimate of drug-likeness (QED) is 0.684. The van der Waals surface area contributed by atoms with E-state index in [0.717, 1.165) is 30.9 Å². The molecule has 0 unspecified atom stereocenters. The van der Waals surface area contributed by atoms with Crippen molar-refractivity contribution in [1.29, 1.82) is 0 Å². The van der Waals surface area contributed by atoms with Gasteiger partial charge in [-0.15, -0.1) is 0 Å². The molecule has 0 aliphatic carbocycles. The van der Waals surface area contributed by atoms with Gasteiger partial charge in [-0.1, -0.05) is 6.08 Å². The van der Waals surface area contributed by atoms with Gasteiger partial charge in [0.2, 0.25) is 0 Å². The molecule has 1 aliphatic rings. The van der Waals surface area contributed by atoms with Crippen molar-refractivity contribution in [2.45, 2.75) is 6.42 Å². The summed E-state index contributed by atoms with van der Waals surface area (Å²) in [6, 6.07) is 3.78. The number of nitrogens with two attached hydrogens (primary N) is 2. The Labute approximate surface area is 83.2 Å². The van der Waals surface area contributed by atoms with Crippen LogP contribution in [0.4, 0.5) is 11.5 Å². The lowest BCUT2D eigenvalue weighted by atomic mass is 10.2. The molecule has 4 N–H and O–H groups in total. The third kappa shape index (κ3) is 1.79. The van der Waals surface area contributed by atoms with E-state index in [-0.39, 0.29) is 0 Å². The summed E-state index contributed by atoms with van der Waals surface area (Å²) in [6.07, 6.45) is 4.85. The summed E-state index contributed by atoms with van der Waals surface area (Å²) >= 11 is 0. The van der Waals surface area contributed by atoms with Crippen LogP contribution < -0.4 is 16.4 Å². The van der Waals surface area contributed by atoms with Crippen LogP contribution in [0.1, 0.15) is 6.42 Å². The van der Waals surface area contributed by atoms with Crippen molar-refractivity contribution in [3.63, 3.8) is 0 Å². The van der Waals surface area contributed by atoms with Crippen LogP contribution in [0.3, 0.4) is 0 Å². The number of hydrogen-bond donors (Lipinski definition) is 2. The molecule has 2 rings (SSSR count). The molecule has 0 atom stereocenters. The van der Waals surface area contributed by atoms with E-state index in [1.54, 1.807) is 6.20 Å². The van der Waals surface area contributed by atoms with Crippen molar-refractivity contribution < 1.29 is 0 Å². The molecule has 0 saturated carbocycles. The highest BCUT2D eigenvalue weighted by atomic mass is 15.1. The summed E-state index contributed by atoms with van der Waals surface area (Å²) < 4.78 is 0. The Morgan fingerprint density at radius 2 is 2.14 bits per heavy atom. The molecular formula is C10H14N4. The third-order valence-electron chi connectivity index (χ3n) is 2.31. The molecule has 0 saturated heterocycles. The molecule has 1 aliphatic heterocycles. The normalized spacial score (nSPS) is 16.6. The van der Waals surface area contributed by atoms with Gasteiger partial charge in [0.25, 0.3) is 0 Å². The van der Waals surface area contributed by atoms with Crippen molar-refractivity contribution in [2.75, 3.05) is 23.7 Å². The molecular weight excluding hydrogens is 176 g/mol. The summed E-state index contributed by atoms with van der Waals surface area (Å²) in [5.41, 5.74) is 13.3. The maximum absolute atomic E-state index is 5.77. The van der Waals surface area contributed by atoms with E-state index in [4.69, 9.17) is 11.5 Å². The largest absolute Gasteiger partial charge is 0.401 e. The maximum atomic E-state index is 5.77. The Bertz CT molecular complexity index is 342. The molecule has 14 heavy (non-hydrogen) atoms. The SMILES string of the molecule is NC1=CCCN(c2ccc(N)nc2)C1. The zero-order valence-electron chi connectivity index (χ0n) is 7.98. The highest BCUT2D eigenvalue weighted by Gasteiger charge is 2.10. The predicted octanol–water partition coefficient (Wildman–Crippen LogP) is 0.716. The fourth-order valence-electron chi connectivity index (χ4n) is 1.57. The average Bonchev–Trinajstić information content (AvgIpc) is 2.19. The number of nitrogens with zero attached hydrogens (tertiary/aromatic N) is 2. The zero-order valence-corrected chi connectivity index (χ0v) is 7.98. The Balaban J connectivity index is 2.16. The van der Waals surface area contributed by atoms with Crippen LogP contribution in [-0.4, -0.2) is 18.1 Å². The highest BCUT2D eigenvalue weighted by Crippen LogP contribution is 2.17. The fourth-order valence-corrected chi connectivity index (χ4v) is 1.57. The Morgan fingerprint density at radius 3 is 2.79 bits per heavy atom. The van der Waals surface area contributed by atoms with E-state index in [1.807, 2.05) is 12.1 Å². The van der Waals surface area contributed by atoms with Gasteiger partial charge in [0.05, 0.1) is 18.4 Å². The molecule has 0 bridgehead atoms. The van der Waals surface area contributed by atoms with Gasteiger partial charge in [-0.25, -0.2) is 4.98 Å². The zero-order chi connectivity index (χ0) is 9.97. The van der Waals surface area contributed by atoms with Crippen LogP contribution in [0.25, 0.3) is 0 Å². The summed E-state index contributed by atoms with van der Waals surface area (Å²) in [7, 11) is 0. The molecule has 0 fully saturated rings. The maximum Gasteiger partial charge on any atom is 0.123 e.